The topological polar surface area (TPSA) is 41.5 Å². The Morgan fingerprint density at radius 3 is 3.00 bits per heavy atom. The Hall–Kier alpha value is -1.99. The number of aromatic nitrogens is 2. The monoisotopic (exact) mass is 481 g/mol. The van der Waals surface area contributed by atoms with E-state index in [-0.39, 0.29) is 43.1 Å². The molecule has 1 saturated carbocycles. The van der Waals surface area contributed by atoms with E-state index in [2.05, 4.69) is 9.97 Å². The SMILES string of the molecule is [2H]C([2H])([2H])N1CC/C(=C\F)[C@](C)(C([2H])([2H])Oc2nc(N3CCCC[C@H]4[C@H](F)[C@H]43)c3ccc(Cl)c(C)c3n2)C1. The standard InChI is InChI=1S/C25H31ClF2N4O/c1-15-19(26)8-7-18-21(15)29-24(33-14-25(2)13-31(3)11-9-16(25)12-27)30-23(18)32-10-5-4-6-17-20(28)22(17)32/h7-8,12,17,20,22H,4-6,9-11,13-14H2,1-3H3/b16-12+/t17-,20-,22-,25-/m0/s1/i3D3,14D2. The largest absolute Gasteiger partial charge is 0.462 e. The van der Waals surface area contributed by atoms with Crippen LogP contribution in [0.5, 0.6) is 6.01 Å². The van der Waals surface area contributed by atoms with Gasteiger partial charge in [0.05, 0.1) is 20.6 Å². The van der Waals surface area contributed by atoms with Gasteiger partial charge in [-0.3, -0.25) is 0 Å². The van der Waals surface area contributed by atoms with Crippen LogP contribution < -0.4 is 9.64 Å². The summed E-state index contributed by atoms with van der Waals surface area (Å²) in [5.41, 5.74) is -0.454. The first-order chi connectivity index (χ1) is 17.8. The first-order valence-corrected chi connectivity index (χ1v) is 11.8. The van der Waals surface area contributed by atoms with Crippen molar-refractivity contribution in [1.82, 2.24) is 14.9 Å². The number of benzene rings is 1. The summed E-state index contributed by atoms with van der Waals surface area (Å²) >= 11 is 6.38. The maximum atomic E-state index is 14.7. The summed E-state index contributed by atoms with van der Waals surface area (Å²) in [4.78, 5) is 12.1. The number of aryl methyl sites for hydroxylation is 1. The van der Waals surface area contributed by atoms with Gasteiger partial charge in [-0.1, -0.05) is 24.9 Å². The molecule has 2 saturated heterocycles. The molecule has 1 aromatic carbocycles. The molecule has 5 nitrogen and oxygen atoms in total. The third kappa shape index (κ3) is 4.08. The molecule has 0 unspecified atom stereocenters. The lowest BCUT2D eigenvalue weighted by atomic mass is 9.78. The fourth-order valence-corrected chi connectivity index (χ4v) is 5.32. The third-order valence-corrected chi connectivity index (χ3v) is 7.64. The summed E-state index contributed by atoms with van der Waals surface area (Å²) < 4.78 is 75.6. The Kier molecular flexibility index (Phi) is 4.58. The average molecular weight is 482 g/mol. The molecule has 178 valence electrons. The number of piperidine rings is 1. The van der Waals surface area contributed by atoms with Gasteiger partial charge in [-0.25, -0.2) is 8.78 Å². The minimum Gasteiger partial charge on any atom is -0.462 e. The average Bonchev–Trinajstić information content (AvgIpc) is 3.54. The summed E-state index contributed by atoms with van der Waals surface area (Å²) in [6.45, 7) is -1.49. The van der Waals surface area contributed by atoms with Crippen molar-refractivity contribution in [3.05, 3.63) is 34.6 Å². The molecule has 1 aromatic heterocycles. The zero-order chi connectivity index (χ0) is 27.6. The predicted octanol–water partition coefficient (Wildman–Crippen LogP) is 5.49. The van der Waals surface area contributed by atoms with Crippen LogP contribution in [-0.2, 0) is 0 Å². The lowest BCUT2D eigenvalue weighted by molar-refractivity contribution is 0.109. The molecule has 4 atom stereocenters. The lowest BCUT2D eigenvalue weighted by Gasteiger charge is -2.40. The van der Waals surface area contributed by atoms with Crippen LogP contribution in [0.2, 0.25) is 5.02 Å². The molecule has 3 fully saturated rings. The number of anilines is 1. The molecule has 0 spiro atoms. The van der Waals surface area contributed by atoms with Gasteiger partial charge in [0.1, 0.15) is 18.5 Å². The van der Waals surface area contributed by atoms with Crippen molar-refractivity contribution in [1.29, 1.82) is 0 Å². The molecule has 3 heterocycles. The Labute approximate surface area is 205 Å². The summed E-state index contributed by atoms with van der Waals surface area (Å²) in [5, 5.41) is 1.11. The third-order valence-electron chi connectivity index (χ3n) is 7.23. The molecule has 2 aliphatic heterocycles. The van der Waals surface area contributed by atoms with Crippen molar-refractivity contribution in [3.63, 3.8) is 0 Å². The number of rotatable bonds is 4. The number of likely N-dealkylation sites (tertiary alicyclic amines) is 1. The van der Waals surface area contributed by atoms with E-state index in [1.165, 1.54) is 6.92 Å². The van der Waals surface area contributed by atoms with E-state index in [1.54, 1.807) is 19.1 Å². The number of fused-ring (bicyclic) bond motifs is 2. The predicted molar refractivity (Wildman–Crippen MR) is 128 cm³/mol. The van der Waals surface area contributed by atoms with Crippen molar-refractivity contribution in [2.45, 2.75) is 51.7 Å². The van der Waals surface area contributed by atoms with Crippen LogP contribution in [0.15, 0.2) is 24.0 Å². The Bertz CT molecular complexity index is 1280. The lowest BCUT2D eigenvalue weighted by Crippen LogP contribution is -2.44. The molecule has 0 N–H and O–H groups in total. The second-order valence-corrected chi connectivity index (χ2v) is 9.94. The highest BCUT2D eigenvalue weighted by Crippen LogP contribution is 2.48. The van der Waals surface area contributed by atoms with E-state index in [9.17, 15) is 8.78 Å². The first-order valence-electron chi connectivity index (χ1n) is 13.9. The van der Waals surface area contributed by atoms with Crippen molar-refractivity contribution in [2.75, 3.05) is 38.1 Å². The van der Waals surface area contributed by atoms with E-state index < -0.39 is 25.1 Å². The van der Waals surface area contributed by atoms with Crippen molar-refractivity contribution in [3.8, 4) is 6.01 Å². The summed E-state index contributed by atoms with van der Waals surface area (Å²) in [6, 6.07) is 2.88. The van der Waals surface area contributed by atoms with Crippen LogP contribution in [0.4, 0.5) is 14.6 Å². The van der Waals surface area contributed by atoms with Crippen LogP contribution in [0, 0.1) is 18.3 Å². The van der Waals surface area contributed by atoms with E-state index in [1.807, 2.05) is 4.90 Å². The Morgan fingerprint density at radius 2 is 2.21 bits per heavy atom. The summed E-state index contributed by atoms with van der Waals surface area (Å²) in [7, 11) is 0. The molecule has 8 heteroatoms. The van der Waals surface area contributed by atoms with Gasteiger partial charge in [0.2, 0.25) is 0 Å². The van der Waals surface area contributed by atoms with E-state index >= 15 is 0 Å². The molecule has 5 rings (SSSR count). The number of nitrogens with zero attached hydrogens (tertiary/aromatic N) is 4. The van der Waals surface area contributed by atoms with Crippen LogP contribution in [0.1, 0.15) is 45.0 Å². The molecule has 1 aliphatic carbocycles. The van der Waals surface area contributed by atoms with E-state index in [4.69, 9.17) is 23.2 Å². The summed E-state index contributed by atoms with van der Waals surface area (Å²) in [6.07, 6.45) is 1.98. The van der Waals surface area contributed by atoms with Gasteiger partial charge in [-0.15, -0.1) is 0 Å². The van der Waals surface area contributed by atoms with Crippen molar-refractivity contribution >= 4 is 28.3 Å². The highest BCUT2D eigenvalue weighted by atomic mass is 35.5. The minimum atomic E-state index is -2.59. The first kappa shape index (κ1) is 17.4. The zero-order valence-electron chi connectivity index (χ0n) is 23.7. The number of ether oxygens (including phenoxy) is 1. The quantitative estimate of drug-likeness (QED) is 0.577. The number of alkyl halides is 1. The maximum Gasteiger partial charge on any atom is 0.318 e. The van der Waals surface area contributed by atoms with Gasteiger partial charge in [-0.2, -0.15) is 9.97 Å². The van der Waals surface area contributed by atoms with Crippen LogP contribution in [0.25, 0.3) is 10.9 Å². The van der Waals surface area contributed by atoms with Gasteiger partial charge in [0, 0.05) is 45.5 Å². The molecule has 3 aliphatic rings. The van der Waals surface area contributed by atoms with Crippen LogP contribution >= 0.6 is 11.6 Å². The van der Waals surface area contributed by atoms with Gasteiger partial charge in [0.25, 0.3) is 0 Å². The second kappa shape index (κ2) is 8.66. The van der Waals surface area contributed by atoms with Crippen molar-refractivity contribution < 1.29 is 20.4 Å². The molecular formula is C25H31ClF2N4O. The van der Waals surface area contributed by atoms with E-state index in [0.29, 0.717) is 40.2 Å². The number of hydrogen-bond donors (Lipinski definition) is 0. The summed E-state index contributed by atoms with van der Waals surface area (Å²) in [5.74, 6) is 0.368. The van der Waals surface area contributed by atoms with Crippen LogP contribution in [0.3, 0.4) is 0 Å². The highest BCUT2D eigenvalue weighted by Gasteiger charge is 2.55. The van der Waals surface area contributed by atoms with Crippen LogP contribution in [-0.4, -0.2) is 60.3 Å². The van der Waals surface area contributed by atoms with Gasteiger partial charge < -0.3 is 14.5 Å². The van der Waals surface area contributed by atoms with Gasteiger partial charge in [-0.05, 0) is 56.4 Å². The van der Waals surface area contributed by atoms with Gasteiger partial charge in [0.15, 0.2) is 0 Å². The fraction of sp³-hybridized carbons (Fsp3) is 0.600. The molecular weight excluding hydrogens is 446 g/mol. The fourth-order valence-electron chi connectivity index (χ4n) is 5.17. The maximum absolute atomic E-state index is 14.7. The number of halogens is 3. The molecule has 33 heavy (non-hydrogen) atoms. The zero-order valence-corrected chi connectivity index (χ0v) is 19.5. The number of hydrogen-bond acceptors (Lipinski definition) is 5. The molecule has 0 radical (unpaired) electrons. The highest BCUT2D eigenvalue weighted by molar-refractivity contribution is 6.32. The minimum absolute atomic E-state index is 0.0293. The Balaban J connectivity index is 1.58. The Morgan fingerprint density at radius 1 is 1.36 bits per heavy atom. The normalized spacial score (nSPS) is 34.6. The smallest absolute Gasteiger partial charge is 0.318 e. The van der Waals surface area contributed by atoms with Crippen molar-refractivity contribution in [2.24, 2.45) is 11.3 Å². The molecule has 2 aromatic rings. The molecule has 0 bridgehead atoms. The molecule has 0 amide bonds. The van der Waals surface area contributed by atoms with Gasteiger partial charge >= 0.3 is 6.01 Å². The van der Waals surface area contributed by atoms with E-state index in [0.717, 1.165) is 24.2 Å². The second-order valence-electron chi connectivity index (χ2n) is 9.53.